The van der Waals surface area contributed by atoms with Crippen LogP contribution in [-0.2, 0) is 0 Å². The van der Waals surface area contributed by atoms with Crippen molar-refractivity contribution >= 4 is 8.07 Å². The molecular formula is C5H6N2Si. The van der Waals surface area contributed by atoms with Crippen molar-refractivity contribution in [3.63, 3.8) is 0 Å². The van der Waals surface area contributed by atoms with E-state index in [2.05, 4.69) is 11.4 Å². The Morgan fingerprint density at radius 3 is 1.62 bits per heavy atom. The maximum atomic E-state index is 8.43. The molecule has 0 N–H and O–H groups in total. The Morgan fingerprint density at radius 2 is 1.62 bits per heavy atom. The van der Waals surface area contributed by atoms with E-state index in [4.69, 9.17) is 10.5 Å². The van der Waals surface area contributed by atoms with Gasteiger partial charge in [-0.2, -0.15) is 0 Å². The second-order valence-corrected chi connectivity index (χ2v) is 5.77. The Bertz CT molecular complexity index is 154. The standard InChI is InChI=1S/C5H6N2Si/c6-4-8(5-7)2-1-3-8/h1-3H2. The SMILES string of the molecule is N#C[Si]1(C#N)CCC1. The first-order valence-corrected chi connectivity index (χ1v) is 5.07. The minimum Gasteiger partial charge on any atom is -0.205 e. The van der Waals surface area contributed by atoms with Crippen molar-refractivity contribution < 1.29 is 0 Å². The van der Waals surface area contributed by atoms with Gasteiger partial charge in [0.25, 0.3) is 8.07 Å². The predicted molar refractivity (Wildman–Crippen MR) is 31.2 cm³/mol. The van der Waals surface area contributed by atoms with Gasteiger partial charge in [0, 0.05) is 11.4 Å². The van der Waals surface area contributed by atoms with Gasteiger partial charge in [0.15, 0.2) is 0 Å². The molecule has 0 aromatic rings. The van der Waals surface area contributed by atoms with Crippen molar-refractivity contribution in [1.82, 2.24) is 0 Å². The highest BCUT2D eigenvalue weighted by Gasteiger charge is 2.41. The van der Waals surface area contributed by atoms with Crippen LogP contribution < -0.4 is 0 Å². The third kappa shape index (κ3) is 0.526. The minimum atomic E-state index is -1.88. The Morgan fingerprint density at radius 1 is 1.12 bits per heavy atom. The number of nitriles is 2. The fourth-order valence-corrected chi connectivity index (χ4v) is 2.34. The summed E-state index contributed by atoms with van der Waals surface area (Å²) < 4.78 is 0. The zero-order valence-corrected chi connectivity index (χ0v) is 5.52. The van der Waals surface area contributed by atoms with E-state index in [0.717, 1.165) is 18.5 Å². The summed E-state index contributed by atoms with van der Waals surface area (Å²) in [4.78, 5) is 0. The summed E-state index contributed by atoms with van der Waals surface area (Å²) in [6.07, 6.45) is 1.10. The first-order valence-electron chi connectivity index (χ1n) is 2.65. The van der Waals surface area contributed by atoms with Crippen LogP contribution in [0, 0.1) is 21.9 Å². The number of rotatable bonds is 0. The van der Waals surface area contributed by atoms with Crippen LogP contribution in [0.15, 0.2) is 0 Å². The van der Waals surface area contributed by atoms with Gasteiger partial charge in [-0.25, -0.2) is 10.5 Å². The van der Waals surface area contributed by atoms with Crippen LogP contribution in [0.5, 0.6) is 0 Å². The highest BCUT2D eigenvalue weighted by molar-refractivity contribution is 6.95. The molecule has 1 fully saturated rings. The summed E-state index contributed by atoms with van der Waals surface area (Å²) in [5.41, 5.74) is 4.28. The molecule has 1 rings (SSSR count). The number of nitrogens with zero attached hydrogens (tertiary/aromatic N) is 2. The molecule has 8 heavy (non-hydrogen) atoms. The molecule has 0 atom stereocenters. The molecule has 0 aromatic heterocycles. The van der Waals surface area contributed by atoms with Gasteiger partial charge < -0.3 is 0 Å². The average Bonchev–Trinajstić information content (AvgIpc) is 1.67. The molecule has 0 amide bonds. The zero-order valence-electron chi connectivity index (χ0n) is 4.52. The van der Waals surface area contributed by atoms with Crippen LogP contribution in [0.3, 0.4) is 0 Å². The quantitative estimate of drug-likeness (QED) is 0.449. The Balaban J connectivity index is 2.66. The van der Waals surface area contributed by atoms with E-state index in [9.17, 15) is 0 Å². The minimum absolute atomic E-state index is 0.917. The molecule has 2 nitrogen and oxygen atoms in total. The van der Waals surface area contributed by atoms with Crippen LogP contribution in [-0.4, -0.2) is 8.07 Å². The molecule has 3 heteroatoms. The van der Waals surface area contributed by atoms with Crippen molar-refractivity contribution in [3.05, 3.63) is 0 Å². The lowest BCUT2D eigenvalue weighted by Crippen LogP contribution is -2.38. The highest BCUT2D eigenvalue weighted by atomic mass is 28.3. The van der Waals surface area contributed by atoms with Crippen LogP contribution in [0.25, 0.3) is 0 Å². The van der Waals surface area contributed by atoms with Gasteiger partial charge >= 0.3 is 0 Å². The number of hydrogen-bond acceptors (Lipinski definition) is 2. The van der Waals surface area contributed by atoms with Gasteiger partial charge in [0.2, 0.25) is 0 Å². The van der Waals surface area contributed by atoms with E-state index >= 15 is 0 Å². The van der Waals surface area contributed by atoms with E-state index in [-0.39, 0.29) is 0 Å². The molecule has 0 bridgehead atoms. The Labute approximate surface area is 49.4 Å². The van der Waals surface area contributed by atoms with Crippen LogP contribution >= 0.6 is 0 Å². The molecule has 1 aliphatic heterocycles. The fourth-order valence-electron chi connectivity index (χ4n) is 0.779. The van der Waals surface area contributed by atoms with Gasteiger partial charge in [-0.15, -0.1) is 0 Å². The van der Waals surface area contributed by atoms with E-state index in [1.54, 1.807) is 0 Å². The van der Waals surface area contributed by atoms with Crippen molar-refractivity contribution in [2.45, 2.75) is 18.5 Å². The molecule has 0 spiro atoms. The second-order valence-electron chi connectivity index (χ2n) is 2.16. The van der Waals surface area contributed by atoms with E-state index in [1.807, 2.05) is 0 Å². The molecule has 0 aliphatic carbocycles. The number of hydrogen-bond donors (Lipinski definition) is 0. The lowest BCUT2D eigenvalue weighted by Gasteiger charge is -2.23. The lowest BCUT2D eigenvalue weighted by atomic mass is 10.5. The van der Waals surface area contributed by atoms with E-state index in [1.165, 1.54) is 0 Å². The Hall–Kier alpha value is -0.803. The van der Waals surface area contributed by atoms with Gasteiger partial charge in [0.1, 0.15) is 0 Å². The summed E-state index contributed by atoms with van der Waals surface area (Å²) in [5.74, 6) is 0. The monoisotopic (exact) mass is 122 g/mol. The third-order valence-electron chi connectivity index (χ3n) is 1.64. The van der Waals surface area contributed by atoms with Gasteiger partial charge in [0.05, 0.1) is 0 Å². The lowest BCUT2D eigenvalue weighted by molar-refractivity contribution is 0.929. The largest absolute Gasteiger partial charge is 0.285 e. The first kappa shape index (κ1) is 5.34. The van der Waals surface area contributed by atoms with Crippen LogP contribution in [0.2, 0.25) is 12.1 Å². The van der Waals surface area contributed by atoms with Crippen LogP contribution in [0.1, 0.15) is 6.42 Å². The van der Waals surface area contributed by atoms with Crippen molar-refractivity contribution in [3.8, 4) is 11.4 Å². The van der Waals surface area contributed by atoms with Crippen molar-refractivity contribution in [2.24, 2.45) is 0 Å². The highest BCUT2D eigenvalue weighted by Crippen LogP contribution is 2.30. The average molecular weight is 122 g/mol. The fraction of sp³-hybridized carbons (Fsp3) is 0.600. The molecule has 0 saturated carbocycles. The van der Waals surface area contributed by atoms with E-state index in [0.29, 0.717) is 0 Å². The second kappa shape index (κ2) is 1.61. The molecule has 1 aliphatic rings. The maximum absolute atomic E-state index is 8.43. The Kier molecular flexibility index (Phi) is 1.07. The third-order valence-corrected chi connectivity index (χ3v) is 4.91. The zero-order chi connectivity index (χ0) is 6.04. The summed E-state index contributed by atoms with van der Waals surface area (Å²) >= 11 is 0. The normalized spacial score (nSPS) is 22.2. The summed E-state index contributed by atoms with van der Waals surface area (Å²) in [6.45, 7) is 0. The predicted octanol–water partition coefficient (Wildman–Crippen LogP) is 0.964. The summed E-state index contributed by atoms with van der Waals surface area (Å²) in [5, 5.41) is 16.9. The topological polar surface area (TPSA) is 47.6 Å². The van der Waals surface area contributed by atoms with Crippen LogP contribution in [0.4, 0.5) is 0 Å². The molecule has 0 unspecified atom stereocenters. The van der Waals surface area contributed by atoms with Crippen molar-refractivity contribution in [1.29, 1.82) is 10.5 Å². The molecule has 0 radical (unpaired) electrons. The molecule has 0 aromatic carbocycles. The summed E-state index contributed by atoms with van der Waals surface area (Å²) in [6, 6.07) is 1.83. The summed E-state index contributed by atoms with van der Waals surface area (Å²) in [7, 11) is -1.88. The maximum Gasteiger partial charge on any atom is 0.285 e. The van der Waals surface area contributed by atoms with Gasteiger partial charge in [-0.3, -0.25) is 0 Å². The van der Waals surface area contributed by atoms with Crippen molar-refractivity contribution in [2.75, 3.05) is 0 Å². The van der Waals surface area contributed by atoms with Gasteiger partial charge in [-0.05, 0) is 12.1 Å². The molecule has 1 heterocycles. The van der Waals surface area contributed by atoms with E-state index < -0.39 is 8.07 Å². The smallest absolute Gasteiger partial charge is 0.205 e. The molecule has 40 valence electrons. The van der Waals surface area contributed by atoms with Gasteiger partial charge in [-0.1, -0.05) is 6.42 Å². The first-order chi connectivity index (χ1) is 3.83. The molecule has 1 saturated heterocycles. The molecular weight excluding hydrogens is 116 g/mol.